The van der Waals surface area contributed by atoms with Gasteiger partial charge < -0.3 is 15.3 Å². The molecule has 3 N–H and O–H groups in total. The summed E-state index contributed by atoms with van der Waals surface area (Å²) >= 11 is 0. The molecule has 0 atom stereocenters. The van der Waals surface area contributed by atoms with Crippen LogP contribution in [0.3, 0.4) is 0 Å². The van der Waals surface area contributed by atoms with Crippen molar-refractivity contribution in [3.63, 3.8) is 0 Å². The van der Waals surface area contributed by atoms with E-state index < -0.39 is 16.0 Å². The predicted octanol–water partition coefficient (Wildman–Crippen LogP) is 2.45. The highest BCUT2D eigenvalue weighted by molar-refractivity contribution is 7.92. The summed E-state index contributed by atoms with van der Waals surface area (Å²) in [6.07, 6.45) is 0. The molecule has 2 aromatic rings. The number of sulfonamides is 1. The largest absolute Gasteiger partial charge is 0.478 e. The van der Waals surface area contributed by atoms with Gasteiger partial charge in [0.1, 0.15) is 0 Å². The van der Waals surface area contributed by atoms with Crippen molar-refractivity contribution in [1.29, 1.82) is 0 Å². The second-order valence-electron chi connectivity index (χ2n) is 8.90. The van der Waals surface area contributed by atoms with Gasteiger partial charge in [0, 0.05) is 37.9 Å². The molecule has 1 fully saturated rings. The zero-order valence-corrected chi connectivity index (χ0v) is 20.8. The number of carboxylic acid groups (broad SMARTS) is 1. The van der Waals surface area contributed by atoms with E-state index in [0.717, 1.165) is 5.56 Å². The molecule has 0 spiro atoms. The number of hydrogen-bond donors (Lipinski definition) is 3. The Morgan fingerprint density at radius 2 is 1.71 bits per heavy atom. The van der Waals surface area contributed by atoms with Gasteiger partial charge in [-0.05, 0) is 63.1 Å². The van der Waals surface area contributed by atoms with Crippen LogP contribution in [0.1, 0.15) is 35.3 Å². The van der Waals surface area contributed by atoms with E-state index in [2.05, 4.69) is 10.0 Å². The molecule has 1 saturated heterocycles. The normalized spacial score (nSPS) is 14.8. The van der Waals surface area contributed by atoms with Gasteiger partial charge in [0.25, 0.3) is 10.0 Å². The average molecular weight is 489 g/mol. The highest BCUT2D eigenvalue weighted by Crippen LogP contribution is 2.28. The van der Waals surface area contributed by atoms with E-state index in [9.17, 15) is 23.1 Å². The van der Waals surface area contributed by atoms with E-state index in [1.807, 2.05) is 36.6 Å². The minimum absolute atomic E-state index is 0.0205. The number of anilines is 2. The molecule has 0 bridgehead atoms. The minimum Gasteiger partial charge on any atom is -0.478 e. The number of aromatic carboxylic acids is 1. The molecule has 1 amide bonds. The number of hydrogen-bond acceptors (Lipinski definition) is 6. The van der Waals surface area contributed by atoms with E-state index in [0.29, 0.717) is 44.0 Å². The Balaban J connectivity index is 1.75. The van der Waals surface area contributed by atoms with Crippen molar-refractivity contribution < 1.29 is 23.1 Å². The molecule has 9 nitrogen and oxygen atoms in total. The molecular weight excluding hydrogens is 456 g/mol. The van der Waals surface area contributed by atoms with Gasteiger partial charge in [-0.1, -0.05) is 12.1 Å². The molecule has 0 saturated carbocycles. The third kappa shape index (κ3) is 6.27. The van der Waals surface area contributed by atoms with Gasteiger partial charge in [0.2, 0.25) is 5.91 Å². The Bertz CT molecular complexity index is 1170. The molecule has 3 rings (SSSR count). The van der Waals surface area contributed by atoms with Gasteiger partial charge in [0.05, 0.1) is 22.7 Å². The lowest BCUT2D eigenvalue weighted by molar-refractivity contribution is -0.122. The Morgan fingerprint density at radius 1 is 1.03 bits per heavy atom. The second-order valence-corrected chi connectivity index (χ2v) is 10.5. The zero-order chi connectivity index (χ0) is 25.0. The third-order valence-corrected chi connectivity index (χ3v) is 7.17. The first-order valence-electron chi connectivity index (χ1n) is 11.2. The molecule has 1 heterocycles. The van der Waals surface area contributed by atoms with Crippen molar-refractivity contribution in [2.24, 2.45) is 0 Å². The van der Waals surface area contributed by atoms with Crippen LogP contribution in [0.5, 0.6) is 0 Å². The van der Waals surface area contributed by atoms with Crippen LogP contribution >= 0.6 is 0 Å². The van der Waals surface area contributed by atoms with Gasteiger partial charge in [-0.2, -0.15) is 0 Å². The summed E-state index contributed by atoms with van der Waals surface area (Å²) < 4.78 is 28.4. The molecule has 2 aromatic carbocycles. The predicted molar refractivity (Wildman–Crippen MR) is 132 cm³/mol. The van der Waals surface area contributed by atoms with Crippen LogP contribution in [-0.4, -0.2) is 69.1 Å². The maximum atomic E-state index is 12.9. The Kier molecular flexibility index (Phi) is 7.83. The van der Waals surface area contributed by atoms with E-state index in [4.69, 9.17) is 0 Å². The third-order valence-electron chi connectivity index (χ3n) is 5.64. The molecule has 10 heteroatoms. The lowest BCUT2D eigenvalue weighted by Crippen LogP contribution is -2.50. The van der Waals surface area contributed by atoms with Crippen LogP contribution < -0.4 is 14.9 Å². The van der Waals surface area contributed by atoms with E-state index in [-0.39, 0.29) is 28.1 Å². The number of piperazine rings is 1. The van der Waals surface area contributed by atoms with Crippen LogP contribution in [0.25, 0.3) is 0 Å². The topological polar surface area (TPSA) is 119 Å². The van der Waals surface area contributed by atoms with Crippen molar-refractivity contribution in [3.8, 4) is 0 Å². The summed E-state index contributed by atoms with van der Waals surface area (Å²) in [4.78, 5) is 28.1. The number of carbonyl (C=O) groups is 2. The monoisotopic (exact) mass is 488 g/mol. The quantitative estimate of drug-likeness (QED) is 0.522. The van der Waals surface area contributed by atoms with Gasteiger partial charge in [0.15, 0.2) is 0 Å². The molecular formula is C24H32N4O5S. The number of amides is 1. The van der Waals surface area contributed by atoms with Gasteiger partial charge in [-0.25, -0.2) is 13.2 Å². The van der Waals surface area contributed by atoms with E-state index in [1.54, 1.807) is 31.2 Å². The lowest BCUT2D eigenvalue weighted by Gasteiger charge is -2.36. The first-order valence-corrected chi connectivity index (χ1v) is 12.7. The molecule has 1 aliphatic rings. The number of carbonyl (C=O) groups excluding carboxylic acids is 1. The van der Waals surface area contributed by atoms with Gasteiger partial charge >= 0.3 is 5.97 Å². The summed E-state index contributed by atoms with van der Waals surface area (Å²) in [5, 5.41) is 12.7. The average Bonchev–Trinajstić information content (AvgIpc) is 2.75. The Morgan fingerprint density at radius 3 is 2.32 bits per heavy atom. The fraction of sp³-hybridized carbons (Fsp3) is 0.417. The number of aryl methyl sites for hydroxylation is 2. The molecule has 0 radical (unpaired) electrons. The lowest BCUT2D eigenvalue weighted by atomic mass is 10.1. The number of benzene rings is 2. The highest BCUT2D eigenvalue weighted by Gasteiger charge is 2.24. The first-order chi connectivity index (χ1) is 16.0. The maximum Gasteiger partial charge on any atom is 0.337 e. The molecule has 0 aromatic heterocycles. The Labute approximate surface area is 200 Å². The molecule has 0 aliphatic carbocycles. The molecule has 34 heavy (non-hydrogen) atoms. The van der Waals surface area contributed by atoms with Crippen LogP contribution in [0, 0.1) is 13.8 Å². The first kappa shape index (κ1) is 25.5. The van der Waals surface area contributed by atoms with Crippen molar-refractivity contribution >= 4 is 33.3 Å². The number of nitrogens with zero attached hydrogens (tertiary/aromatic N) is 2. The van der Waals surface area contributed by atoms with Crippen molar-refractivity contribution in [1.82, 2.24) is 10.2 Å². The van der Waals surface area contributed by atoms with E-state index in [1.165, 1.54) is 6.07 Å². The van der Waals surface area contributed by atoms with Crippen LogP contribution in [0.15, 0.2) is 41.3 Å². The fourth-order valence-electron chi connectivity index (χ4n) is 3.97. The van der Waals surface area contributed by atoms with Crippen molar-refractivity contribution in [3.05, 3.63) is 53.1 Å². The summed E-state index contributed by atoms with van der Waals surface area (Å²) in [5.74, 6) is -1.17. The molecule has 184 valence electrons. The summed E-state index contributed by atoms with van der Waals surface area (Å²) in [7, 11) is -3.88. The van der Waals surface area contributed by atoms with Crippen LogP contribution in [0.2, 0.25) is 0 Å². The zero-order valence-electron chi connectivity index (χ0n) is 20.0. The fourth-order valence-corrected chi connectivity index (χ4v) is 5.35. The van der Waals surface area contributed by atoms with Gasteiger partial charge in [-0.15, -0.1) is 0 Å². The van der Waals surface area contributed by atoms with Crippen molar-refractivity contribution in [2.45, 2.75) is 38.6 Å². The van der Waals surface area contributed by atoms with Crippen LogP contribution in [-0.2, 0) is 14.8 Å². The smallest absolute Gasteiger partial charge is 0.337 e. The molecule has 1 aliphatic heterocycles. The summed E-state index contributed by atoms with van der Waals surface area (Å²) in [6.45, 7) is 10.0. The number of rotatable bonds is 8. The minimum atomic E-state index is -3.88. The van der Waals surface area contributed by atoms with Crippen LogP contribution in [0.4, 0.5) is 11.4 Å². The van der Waals surface area contributed by atoms with E-state index >= 15 is 0 Å². The second kappa shape index (κ2) is 10.4. The standard InChI is InChI=1S/C24H32N4O5S/c1-16(2)25-23(29)15-27-9-11-28(12-10-27)21-8-7-19(14-20(21)24(30)31)26-34(32,33)22-13-17(3)5-6-18(22)4/h5-8,13-14,16,26H,9-12,15H2,1-4H3,(H,25,29)(H,30,31). The maximum absolute atomic E-state index is 12.9. The molecule has 0 unspecified atom stereocenters. The SMILES string of the molecule is Cc1ccc(C)c(S(=O)(=O)Nc2ccc(N3CCN(CC(=O)NC(C)C)CC3)c(C(=O)O)c2)c1. The number of carboxylic acids is 1. The van der Waals surface area contributed by atoms with Gasteiger partial charge in [-0.3, -0.25) is 14.4 Å². The van der Waals surface area contributed by atoms with Crippen molar-refractivity contribution in [2.75, 3.05) is 42.3 Å². The number of nitrogens with one attached hydrogen (secondary N) is 2. The Hall–Kier alpha value is -3.11. The summed E-state index contributed by atoms with van der Waals surface area (Å²) in [5.41, 5.74) is 2.15. The highest BCUT2D eigenvalue weighted by atomic mass is 32.2. The summed E-state index contributed by atoms with van der Waals surface area (Å²) in [6, 6.07) is 9.80.